The highest BCUT2D eigenvalue weighted by molar-refractivity contribution is 5.76. The maximum Gasteiger partial charge on any atom is 0.323 e. The molecular formula is C11H13NO3. The molecule has 1 aliphatic rings. The molecule has 15 heavy (non-hydrogen) atoms. The smallest absolute Gasteiger partial charge is 0.323 e. The van der Waals surface area contributed by atoms with E-state index in [1.54, 1.807) is 12.1 Å². The van der Waals surface area contributed by atoms with E-state index in [0.717, 1.165) is 11.1 Å². The number of phenolic OH excluding ortho intramolecular Hbond substituents is 1. The van der Waals surface area contributed by atoms with E-state index in [0.29, 0.717) is 13.0 Å². The third kappa shape index (κ3) is 1.94. The molecule has 0 bridgehead atoms. The highest BCUT2D eigenvalue weighted by Crippen LogP contribution is 2.21. The molecule has 0 saturated carbocycles. The van der Waals surface area contributed by atoms with E-state index in [4.69, 9.17) is 0 Å². The van der Waals surface area contributed by atoms with E-state index in [1.165, 1.54) is 7.11 Å². The molecule has 2 rings (SSSR count). The minimum Gasteiger partial charge on any atom is -0.508 e. The molecule has 0 aromatic heterocycles. The number of aromatic hydroxyl groups is 1. The fraction of sp³-hybridized carbons (Fsp3) is 0.364. The highest BCUT2D eigenvalue weighted by atomic mass is 16.5. The summed E-state index contributed by atoms with van der Waals surface area (Å²) in [5.74, 6) is -0.0248. The van der Waals surface area contributed by atoms with Crippen molar-refractivity contribution in [1.29, 1.82) is 0 Å². The van der Waals surface area contributed by atoms with E-state index in [2.05, 4.69) is 10.1 Å². The first-order chi connectivity index (χ1) is 7.20. The van der Waals surface area contributed by atoms with Crippen LogP contribution in [0.3, 0.4) is 0 Å². The van der Waals surface area contributed by atoms with Crippen molar-refractivity contribution in [3.8, 4) is 5.75 Å². The van der Waals surface area contributed by atoms with Crippen LogP contribution in [0.15, 0.2) is 18.2 Å². The molecule has 0 fully saturated rings. The second-order valence-corrected chi connectivity index (χ2v) is 3.61. The predicted molar refractivity (Wildman–Crippen MR) is 54.5 cm³/mol. The third-order valence-electron chi connectivity index (χ3n) is 2.64. The molecule has 0 radical (unpaired) electrons. The van der Waals surface area contributed by atoms with Crippen molar-refractivity contribution in [1.82, 2.24) is 5.32 Å². The monoisotopic (exact) mass is 207 g/mol. The Morgan fingerprint density at radius 2 is 2.33 bits per heavy atom. The van der Waals surface area contributed by atoms with Gasteiger partial charge in [-0.1, -0.05) is 6.07 Å². The number of hydrogen-bond donors (Lipinski definition) is 2. The Hall–Kier alpha value is -1.55. The van der Waals surface area contributed by atoms with Crippen LogP contribution in [0.2, 0.25) is 0 Å². The Balaban J connectivity index is 2.22. The molecule has 1 heterocycles. The lowest BCUT2D eigenvalue weighted by Gasteiger charge is -2.24. The lowest BCUT2D eigenvalue weighted by molar-refractivity contribution is -0.143. The van der Waals surface area contributed by atoms with Crippen molar-refractivity contribution >= 4 is 5.97 Å². The molecule has 0 aliphatic carbocycles. The van der Waals surface area contributed by atoms with Crippen LogP contribution in [0.25, 0.3) is 0 Å². The van der Waals surface area contributed by atoms with Crippen LogP contribution in [0.1, 0.15) is 11.1 Å². The van der Waals surface area contributed by atoms with Gasteiger partial charge in [0.1, 0.15) is 11.8 Å². The normalized spacial score (nSPS) is 19.4. The van der Waals surface area contributed by atoms with Crippen molar-refractivity contribution in [3.05, 3.63) is 29.3 Å². The SMILES string of the molecule is COC(=O)C1Cc2cc(O)ccc2CN1. The Bertz CT molecular complexity index is 389. The molecule has 2 N–H and O–H groups in total. The molecule has 0 spiro atoms. The van der Waals surface area contributed by atoms with Crippen LogP contribution in [0, 0.1) is 0 Å². The number of carbonyl (C=O) groups is 1. The summed E-state index contributed by atoms with van der Waals surface area (Å²) in [7, 11) is 1.38. The molecule has 80 valence electrons. The molecule has 1 aromatic rings. The average Bonchev–Trinajstić information content (AvgIpc) is 2.27. The van der Waals surface area contributed by atoms with Gasteiger partial charge in [0, 0.05) is 6.54 Å². The van der Waals surface area contributed by atoms with Gasteiger partial charge in [-0.15, -0.1) is 0 Å². The fourth-order valence-electron chi connectivity index (χ4n) is 1.81. The molecule has 0 amide bonds. The number of fused-ring (bicyclic) bond motifs is 1. The summed E-state index contributed by atoms with van der Waals surface area (Å²) in [5, 5.41) is 12.4. The predicted octanol–water partition coefficient (Wildman–Crippen LogP) is 0.579. The summed E-state index contributed by atoms with van der Waals surface area (Å²) in [6.45, 7) is 0.634. The molecule has 4 heteroatoms. The Morgan fingerprint density at radius 3 is 3.07 bits per heavy atom. The first-order valence-corrected chi connectivity index (χ1v) is 4.82. The molecular weight excluding hydrogens is 194 g/mol. The lowest BCUT2D eigenvalue weighted by Crippen LogP contribution is -2.42. The number of methoxy groups -OCH3 is 1. The van der Waals surface area contributed by atoms with Crippen molar-refractivity contribution in [2.75, 3.05) is 7.11 Å². The maximum absolute atomic E-state index is 11.3. The van der Waals surface area contributed by atoms with Gasteiger partial charge in [0.15, 0.2) is 0 Å². The number of phenols is 1. The van der Waals surface area contributed by atoms with Crippen molar-refractivity contribution in [3.63, 3.8) is 0 Å². The van der Waals surface area contributed by atoms with Gasteiger partial charge in [0.25, 0.3) is 0 Å². The number of benzene rings is 1. The molecule has 1 aromatic carbocycles. The fourth-order valence-corrected chi connectivity index (χ4v) is 1.81. The van der Waals surface area contributed by atoms with Crippen LogP contribution in [-0.2, 0) is 22.5 Å². The molecule has 1 atom stereocenters. The summed E-state index contributed by atoms with van der Waals surface area (Å²) in [6, 6.07) is 4.92. The molecule has 4 nitrogen and oxygen atoms in total. The molecule has 1 aliphatic heterocycles. The van der Waals surface area contributed by atoms with Gasteiger partial charge >= 0.3 is 5.97 Å². The number of nitrogens with one attached hydrogen (secondary N) is 1. The molecule has 1 unspecified atom stereocenters. The number of esters is 1. The van der Waals surface area contributed by atoms with E-state index >= 15 is 0 Å². The zero-order valence-corrected chi connectivity index (χ0v) is 8.49. The Kier molecular flexibility index (Phi) is 2.60. The number of hydrogen-bond acceptors (Lipinski definition) is 4. The maximum atomic E-state index is 11.3. The van der Waals surface area contributed by atoms with E-state index in [-0.39, 0.29) is 17.8 Å². The second-order valence-electron chi connectivity index (χ2n) is 3.61. The van der Waals surface area contributed by atoms with Crippen LogP contribution in [0.5, 0.6) is 5.75 Å². The van der Waals surface area contributed by atoms with Gasteiger partial charge < -0.3 is 15.2 Å². The largest absolute Gasteiger partial charge is 0.508 e. The highest BCUT2D eigenvalue weighted by Gasteiger charge is 2.24. The van der Waals surface area contributed by atoms with Crippen LogP contribution in [0.4, 0.5) is 0 Å². The van der Waals surface area contributed by atoms with Crippen LogP contribution >= 0.6 is 0 Å². The van der Waals surface area contributed by atoms with Gasteiger partial charge in [0.2, 0.25) is 0 Å². The zero-order valence-electron chi connectivity index (χ0n) is 8.49. The van der Waals surface area contributed by atoms with E-state index in [1.807, 2.05) is 6.07 Å². The Labute approximate surface area is 87.9 Å². The first-order valence-electron chi connectivity index (χ1n) is 4.82. The molecule has 0 saturated heterocycles. The average molecular weight is 207 g/mol. The first kappa shape index (κ1) is 9.98. The van der Waals surface area contributed by atoms with Gasteiger partial charge in [0.05, 0.1) is 7.11 Å². The minimum atomic E-state index is -0.302. The van der Waals surface area contributed by atoms with Gasteiger partial charge in [-0.3, -0.25) is 4.79 Å². The quantitative estimate of drug-likeness (QED) is 0.661. The Morgan fingerprint density at radius 1 is 1.53 bits per heavy atom. The number of ether oxygens (including phenoxy) is 1. The number of carbonyl (C=O) groups excluding carboxylic acids is 1. The lowest BCUT2D eigenvalue weighted by atomic mass is 9.95. The van der Waals surface area contributed by atoms with Gasteiger partial charge in [-0.25, -0.2) is 0 Å². The summed E-state index contributed by atoms with van der Waals surface area (Å²) in [4.78, 5) is 11.3. The standard InChI is InChI=1S/C11H13NO3/c1-15-11(14)10-5-8-4-9(13)3-2-7(8)6-12-10/h2-4,10,12-13H,5-6H2,1H3. The summed E-state index contributed by atoms with van der Waals surface area (Å²) in [6.07, 6.45) is 0.566. The summed E-state index contributed by atoms with van der Waals surface area (Å²) >= 11 is 0. The van der Waals surface area contributed by atoms with Crippen LogP contribution in [-0.4, -0.2) is 24.2 Å². The third-order valence-corrected chi connectivity index (χ3v) is 2.64. The van der Waals surface area contributed by atoms with E-state index in [9.17, 15) is 9.90 Å². The van der Waals surface area contributed by atoms with E-state index < -0.39 is 0 Å². The van der Waals surface area contributed by atoms with Gasteiger partial charge in [-0.2, -0.15) is 0 Å². The van der Waals surface area contributed by atoms with Crippen molar-refractivity contribution in [2.45, 2.75) is 19.0 Å². The second kappa shape index (κ2) is 3.90. The minimum absolute atomic E-state index is 0.235. The summed E-state index contributed by atoms with van der Waals surface area (Å²) < 4.78 is 4.67. The van der Waals surface area contributed by atoms with Crippen molar-refractivity contribution in [2.24, 2.45) is 0 Å². The summed E-state index contributed by atoms with van der Waals surface area (Å²) in [5.41, 5.74) is 2.12. The topological polar surface area (TPSA) is 58.6 Å². The van der Waals surface area contributed by atoms with Crippen molar-refractivity contribution < 1.29 is 14.6 Å². The number of rotatable bonds is 1. The van der Waals surface area contributed by atoms with Crippen LogP contribution < -0.4 is 5.32 Å². The zero-order chi connectivity index (χ0) is 10.8. The van der Waals surface area contributed by atoms with Gasteiger partial charge in [-0.05, 0) is 29.7 Å².